The normalized spacial score (nSPS) is 17.3. The molecule has 164 valence electrons. The molecule has 0 spiro atoms. The molecule has 0 saturated carbocycles. The maximum absolute atomic E-state index is 13.2. The van der Waals surface area contributed by atoms with Gasteiger partial charge in [-0.2, -0.15) is 0 Å². The highest BCUT2D eigenvalue weighted by molar-refractivity contribution is 6.31. The van der Waals surface area contributed by atoms with Crippen molar-refractivity contribution >= 4 is 41.0 Å². The van der Waals surface area contributed by atoms with Crippen LogP contribution < -0.4 is 14.4 Å². The third kappa shape index (κ3) is 4.28. The van der Waals surface area contributed by atoms with Gasteiger partial charge in [-0.25, -0.2) is 9.69 Å². The van der Waals surface area contributed by atoms with E-state index in [1.54, 1.807) is 36.4 Å². The molecule has 32 heavy (non-hydrogen) atoms. The molecule has 0 bridgehead atoms. The number of carbonyl (C=O) groups excluding carboxylic acids is 3. The van der Waals surface area contributed by atoms with Crippen LogP contribution in [0.4, 0.5) is 5.69 Å². The molecule has 0 aliphatic carbocycles. The van der Waals surface area contributed by atoms with Crippen LogP contribution in [0.15, 0.2) is 54.6 Å². The van der Waals surface area contributed by atoms with Crippen LogP contribution >= 0.6 is 11.6 Å². The standard InChI is InChI=1S/C22H17ClN2O7/c23-14-2-1-3-15(9-14)25-20(27)10-16(22(25)30)24(19(26)6-7-21(28)29)11-13-4-5-17-18(8-13)32-12-31-17/h1-9,16H,10-12H2,(H,28,29). The van der Waals surface area contributed by atoms with Crippen molar-refractivity contribution in [2.75, 3.05) is 11.7 Å². The minimum absolute atomic E-state index is 0.0491. The third-order valence-electron chi connectivity index (χ3n) is 5.01. The zero-order valence-corrected chi connectivity index (χ0v) is 17.3. The van der Waals surface area contributed by atoms with Gasteiger partial charge in [-0.3, -0.25) is 14.4 Å². The van der Waals surface area contributed by atoms with Gasteiger partial charge in [0.15, 0.2) is 11.5 Å². The lowest BCUT2D eigenvalue weighted by Gasteiger charge is -2.27. The molecule has 1 unspecified atom stereocenters. The van der Waals surface area contributed by atoms with Crippen LogP contribution in [-0.4, -0.2) is 46.5 Å². The molecule has 4 rings (SSSR count). The molecule has 1 fully saturated rings. The van der Waals surface area contributed by atoms with E-state index < -0.39 is 29.7 Å². The van der Waals surface area contributed by atoms with Crippen molar-refractivity contribution < 1.29 is 33.8 Å². The number of aliphatic carboxylic acids is 1. The Labute approximate surface area is 187 Å². The van der Waals surface area contributed by atoms with Crippen molar-refractivity contribution in [3.05, 3.63) is 65.2 Å². The van der Waals surface area contributed by atoms with Crippen LogP contribution in [0.5, 0.6) is 11.5 Å². The quantitative estimate of drug-likeness (QED) is 0.524. The summed E-state index contributed by atoms with van der Waals surface area (Å²) in [6.45, 7) is 0.0273. The number of carboxylic acids is 1. The summed E-state index contributed by atoms with van der Waals surface area (Å²) in [6, 6.07) is 10.2. The van der Waals surface area contributed by atoms with E-state index in [9.17, 15) is 19.2 Å². The van der Waals surface area contributed by atoms with Crippen molar-refractivity contribution in [1.82, 2.24) is 4.90 Å². The zero-order chi connectivity index (χ0) is 22.8. The molecule has 0 aromatic heterocycles. The van der Waals surface area contributed by atoms with E-state index in [4.69, 9.17) is 26.2 Å². The van der Waals surface area contributed by atoms with Gasteiger partial charge in [0.05, 0.1) is 12.1 Å². The first-order valence-corrected chi connectivity index (χ1v) is 9.94. The lowest BCUT2D eigenvalue weighted by Crippen LogP contribution is -2.44. The molecule has 1 N–H and O–H groups in total. The Morgan fingerprint density at radius 3 is 2.66 bits per heavy atom. The fourth-order valence-corrected chi connectivity index (χ4v) is 3.75. The van der Waals surface area contributed by atoms with Crippen LogP contribution in [-0.2, 0) is 25.7 Å². The summed E-state index contributed by atoms with van der Waals surface area (Å²) in [5.74, 6) is -2.08. The first-order chi connectivity index (χ1) is 15.3. The number of carbonyl (C=O) groups is 4. The topological polar surface area (TPSA) is 113 Å². The van der Waals surface area contributed by atoms with Crippen LogP contribution in [0, 0.1) is 0 Å². The van der Waals surface area contributed by atoms with Crippen LogP contribution in [0.2, 0.25) is 5.02 Å². The van der Waals surface area contributed by atoms with Crippen molar-refractivity contribution in [3.63, 3.8) is 0 Å². The number of amides is 3. The van der Waals surface area contributed by atoms with E-state index in [0.717, 1.165) is 11.0 Å². The molecule has 2 heterocycles. The van der Waals surface area contributed by atoms with Gasteiger partial charge >= 0.3 is 5.97 Å². The molecule has 2 aliphatic heterocycles. The van der Waals surface area contributed by atoms with Gasteiger partial charge in [0.1, 0.15) is 6.04 Å². The Hall–Kier alpha value is -3.85. The van der Waals surface area contributed by atoms with E-state index in [-0.39, 0.29) is 19.8 Å². The Balaban J connectivity index is 1.65. The highest BCUT2D eigenvalue weighted by Gasteiger charge is 2.44. The SMILES string of the molecule is O=C(O)C=CC(=O)N(Cc1ccc2c(c1)OCO2)C1CC(=O)N(c2cccc(Cl)c2)C1=O. The monoisotopic (exact) mass is 456 g/mol. The lowest BCUT2D eigenvalue weighted by molar-refractivity contribution is -0.135. The molecule has 10 heteroatoms. The minimum atomic E-state index is -1.31. The molecular weight excluding hydrogens is 440 g/mol. The number of hydrogen-bond donors (Lipinski definition) is 1. The number of anilines is 1. The van der Waals surface area contributed by atoms with Crippen LogP contribution in [0.25, 0.3) is 0 Å². The number of halogens is 1. The Morgan fingerprint density at radius 2 is 1.91 bits per heavy atom. The van der Waals surface area contributed by atoms with Crippen molar-refractivity contribution in [1.29, 1.82) is 0 Å². The predicted molar refractivity (Wildman–Crippen MR) is 112 cm³/mol. The van der Waals surface area contributed by atoms with Crippen LogP contribution in [0.3, 0.4) is 0 Å². The third-order valence-corrected chi connectivity index (χ3v) is 5.24. The van der Waals surface area contributed by atoms with Crippen molar-refractivity contribution in [3.8, 4) is 11.5 Å². The highest BCUT2D eigenvalue weighted by Crippen LogP contribution is 2.34. The number of ether oxygens (including phenoxy) is 2. The summed E-state index contributed by atoms with van der Waals surface area (Å²) in [4.78, 5) is 51.7. The largest absolute Gasteiger partial charge is 0.478 e. The summed E-state index contributed by atoms with van der Waals surface area (Å²) in [5.41, 5.74) is 0.916. The highest BCUT2D eigenvalue weighted by atomic mass is 35.5. The van der Waals surface area contributed by atoms with Gasteiger partial charge in [-0.15, -0.1) is 0 Å². The van der Waals surface area contributed by atoms with Gasteiger partial charge in [0, 0.05) is 23.7 Å². The fourth-order valence-electron chi connectivity index (χ4n) is 3.56. The number of fused-ring (bicyclic) bond motifs is 1. The van der Waals surface area contributed by atoms with E-state index in [2.05, 4.69) is 0 Å². The summed E-state index contributed by atoms with van der Waals surface area (Å²) in [7, 11) is 0. The van der Waals surface area contributed by atoms with Crippen molar-refractivity contribution in [2.24, 2.45) is 0 Å². The van der Waals surface area contributed by atoms with E-state index >= 15 is 0 Å². The molecule has 2 aromatic carbocycles. The summed E-state index contributed by atoms with van der Waals surface area (Å²) in [6.07, 6.45) is 1.29. The lowest BCUT2D eigenvalue weighted by atomic mass is 10.1. The second-order valence-corrected chi connectivity index (χ2v) is 7.53. The van der Waals surface area contributed by atoms with E-state index in [0.29, 0.717) is 33.8 Å². The Morgan fingerprint density at radius 1 is 1.12 bits per heavy atom. The number of carboxylic acid groups (broad SMARTS) is 1. The van der Waals surface area contributed by atoms with Crippen molar-refractivity contribution in [2.45, 2.75) is 19.0 Å². The minimum Gasteiger partial charge on any atom is -0.478 e. The second kappa shape index (κ2) is 8.72. The number of imide groups is 1. The molecule has 2 aliphatic rings. The van der Waals surface area contributed by atoms with E-state index in [1.807, 2.05) is 0 Å². The number of nitrogens with zero attached hydrogens (tertiary/aromatic N) is 2. The number of rotatable bonds is 6. The fraction of sp³-hybridized carbons (Fsp3) is 0.182. The summed E-state index contributed by atoms with van der Waals surface area (Å²) < 4.78 is 10.6. The van der Waals surface area contributed by atoms with Gasteiger partial charge in [-0.1, -0.05) is 23.7 Å². The maximum atomic E-state index is 13.2. The smallest absolute Gasteiger partial charge is 0.328 e. The summed E-state index contributed by atoms with van der Waals surface area (Å²) >= 11 is 5.99. The molecule has 0 radical (unpaired) electrons. The Bertz CT molecular complexity index is 1150. The average Bonchev–Trinajstić information content (AvgIpc) is 3.33. The van der Waals surface area contributed by atoms with Crippen LogP contribution in [0.1, 0.15) is 12.0 Å². The molecule has 1 atom stereocenters. The second-order valence-electron chi connectivity index (χ2n) is 7.09. The zero-order valence-electron chi connectivity index (χ0n) is 16.6. The molecule has 3 amide bonds. The van der Waals surface area contributed by atoms with Gasteiger partial charge in [-0.05, 0) is 35.9 Å². The van der Waals surface area contributed by atoms with Gasteiger partial charge < -0.3 is 19.5 Å². The van der Waals surface area contributed by atoms with Gasteiger partial charge in [0.2, 0.25) is 18.6 Å². The molecule has 9 nitrogen and oxygen atoms in total. The number of benzene rings is 2. The Kier molecular flexibility index (Phi) is 5.83. The van der Waals surface area contributed by atoms with Gasteiger partial charge in [0.25, 0.3) is 5.91 Å². The first kappa shape index (κ1) is 21.4. The molecular formula is C22H17ClN2O7. The predicted octanol–water partition coefficient (Wildman–Crippen LogP) is 2.37. The molecule has 1 saturated heterocycles. The molecule has 2 aromatic rings. The first-order valence-electron chi connectivity index (χ1n) is 9.56. The average molecular weight is 457 g/mol. The summed E-state index contributed by atoms with van der Waals surface area (Å²) in [5, 5.41) is 9.24. The van der Waals surface area contributed by atoms with E-state index in [1.165, 1.54) is 11.0 Å². The number of hydrogen-bond acceptors (Lipinski definition) is 6. The maximum Gasteiger partial charge on any atom is 0.328 e.